The Hall–Kier alpha value is -1.35. The Bertz CT molecular complexity index is 424. The van der Waals surface area contributed by atoms with E-state index in [1.165, 1.54) is 7.11 Å². The zero-order chi connectivity index (χ0) is 11.6. The number of methoxy groups -OCH3 is 1. The van der Waals surface area contributed by atoms with Crippen molar-refractivity contribution >= 4 is 22.8 Å². The predicted octanol–water partition coefficient (Wildman–Crippen LogP) is 2.47. The smallest absolute Gasteiger partial charge is 0.338 e. The van der Waals surface area contributed by atoms with Crippen molar-refractivity contribution in [1.29, 1.82) is 0 Å². The molecule has 0 heterocycles. The minimum atomic E-state index is -0.521. The predicted molar refractivity (Wildman–Crippen MR) is 57.4 cm³/mol. The van der Waals surface area contributed by atoms with Crippen LogP contribution in [0.5, 0.6) is 0 Å². The molecule has 0 spiro atoms. The van der Waals surface area contributed by atoms with Gasteiger partial charge < -0.3 is 4.74 Å². The molecule has 0 aliphatic carbocycles. The minimum absolute atomic E-state index is 0.413. The number of benzene rings is 1. The number of hydrogen-bond acceptors (Lipinski definition) is 3. The van der Waals surface area contributed by atoms with Gasteiger partial charge in [-0.15, -0.1) is 0 Å². The van der Waals surface area contributed by atoms with E-state index in [1.807, 2.05) is 0 Å². The summed E-state index contributed by atoms with van der Waals surface area (Å²) >= 11 is 5.39. The third-order valence-electron chi connectivity index (χ3n) is 2.19. The van der Waals surface area contributed by atoms with E-state index in [0.29, 0.717) is 22.3 Å². The summed E-state index contributed by atoms with van der Waals surface area (Å²) in [5, 5.41) is -0.521. The molecule has 0 bridgehead atoms. The molecule has 0 unspecified atom stereocenters. The van der Waals surface area contributed by atoms with Gasteiger partial charge in [-0.05, 0) is 48.7 Å². The minimum Gasteiger partial charge on any atom is -0.465 e. The molecular formula is C11H11ClO3. The van der Waals surface area contributed by atoms with Crippen LogP contribution in [0.1, 0.15) is 31.8 Å². The molecule has 0 atom stereocenters. The van der Waals surface area contributed by atoms with Crippen molar-refractivity contribution in [2.75, 3.05) is 7.11 Å². The second kappa shape index (κ2) is 4.45. The van der Waals surface area contributed by atoms with Crippen molar-refractivity contribution in [1.82, 2.24) is 0 Å². The first-order valence-corrected chi connectivity index (χ1v) is 4.74. The first-order chi connectivity index (χ1) is 6.97. The van der Waals surface area contributed by atoms with Crippen LogP contribution in [0.4, 0.5) is 0 Å². The first kappa shape index (κ1) is 11.7. The van der Waals surface area contributed by atoms with Gasteiger partial charge >= 0.3 is 5.97 Å². The van der Waals surface area contributed by atoms with Crippen molar-refractivity contribution in [2.45, 2.75) is 13.8 Å². The molecule has 0 aliphatic heterocycles. The van der Waals surface area contributed by atoms with Gasteiger partial charge in [-0.25, -0.2) is 4.79 Å². The van der Waals surface area contributed by atoms with E-state index in [4.69, 9.17) is 11.6 Å². The zero-order valence-corrected chi connectivity index (χ0v) is 9.51. The van der Waals surface area contributed by atoms with Gasteiger partial charge in [-0.2, -0.15) is 0 Å². The summed E-state index contributed by atoms with van der Waals surface area (Å²) in [6.07, 6.45) is 0. The monoisotopic (exact) mass is 226 g/mol. The van der Waals surface area contributed by atoms with E-state index in [-0.39, 0.29) is 0 Å². The van der Waals surface area contributed by atoms with E-state index >= 15 is 0 Å². The van der Waals surface area contributed by atoms with E-state index in [2.05, 4.69) is 4.74 Å². The molecular weight excluding hydrogens is 216 g/mol. The highest BCUT2D eigenvalue weighted by molar-refractivity contribution is 6.67. The molecule has 0 saturated heterocycles. The van der Waals surface area contributed by atoms with E-state index in [0.717, 1.165) is 0 Å². The molecule has 4 heteroatoms. The van der Waals surface area contributed by atoms with Crippen molar-refractivity contribution in [3.63, 3.8) is 0 Å². The summed E-state index contributed by atoms with van der Waals surface area (Å²) in [5.41, 5.74) is 2.22. The number of hydrogen-bond donors (Lipinski definition) is 0. The lowest BCUT2D eigenvalue weighted by atomic mass is 10.0. The van der Waals surface area contributed by atoms with E-state index in [9.17, 15) is 9.59 Å². The lowest BCUT2D eigenvalue weighted by Gasteiger charge is -2.07. The Morgan fingerprint density at radius 1 is 1.13 bits per heavy atom. The fraction of sp³-hybridized carbons (Fsp3) is 0.273. The number of carbonyl (C=O) groups is 2. The summed E-state index contributed by atoms with van der Waals surface area (Å²) in [7, 11) is 1.32. The van der Waals surface area contributed by atoms with E-state index < -0.39 is 11.2 Å². The fourth-order valence-electron chi connectivity index (χ4n) is 1.36. The molecule has 1 rings (SSSR count). The van der Waals surface area contributed by atoms with Gasteiger partial charge in [-0.1, -0.05) is 0 Å². The van der Waals surface area contributed by atoms with Gasteiger partial charge in [0.15, 0.2) is 0 Å². The van der Waals surface area contributed by atoms with Gasteiger partial charge in [0.2, 0.25) is 0 Å². The molecule has 1 aromatic rings. The number of ether oxygens (including phenoxy) is 1. The topological polar surface area (TPSA) is 43.4 Å². The van der Waals surface area contributed by atoms with Crippen molar-refractivity contribution in [3.8, 4) is 0 Å². The van der Waals surface area contributed by atoms with Crippen molar-refractivity contribution < 1.29 is 14.3 Å². The maximum Gasteiger partial charge on any atom is 0.338 e. The molecule has 0 amide bonds. The second-order valence-electron chi connectivity index (χ2n) is 3.25. The third-order valence-corrected chi connectivity index (χ3v) is 2.39. The molecule has 0 N–H and O–H groups in total. The molecule has 0 fully saturated rings. The molecule has 0 aliphatic rings. The number of esters is 1. The third kappa shape index (κ3) is 2.36. The largest absolute Gasteiger partial charge is 0.465 e. The average molecular weight is 227 g/mol. The standard InChI is InChI=1S/C11H11ClO3/c1-6-5-9(11(14)15-3)7(2)4-8(6)10(12)13/h4-5H,1-3H3. The van der Waals surface area contributed by atoms with Crippen molar-refractivity contribution in [2.24, 2.45) is 0 Å². The number of aryl methyl sites for hydroxylation is 2. The Kier molecular flexibility index (Phi) is 3.48. The van der Waals surface area contributed by atoms with Gasteiger partial charge in [0, 0.05) is 5.56 Å². The van der Waals surface area contributed by atoms with Gasteiger partial charge in [0.25, 0.3) is 5.24 Å². The van der Waals surface area contributed by atoms with Gasteiger partial charge in [-0.3, -0.25) is 4.79 Å². The maximum absolute atomic E-state index is 11.3. The Morgan fingerprint density at radius 3 is 2.07 bits per heavy atom. The lowest BCUT2D eigenvalue weighted by molar-refractivity contribution is 0.0599. The van der Waals surface area contributed by atoms with Crippen molar-refractivity contribution in [3.05, 3.63) is 34.4 Å². The second-order valence-corrected chi connectivity index (χ2v) is 3.59. The quantitative estimate of drug-likeness (QED) is 0.575. The molecule has 3 nitrogen and oxygen atoms in total. The normalized spacial score (nSPS) is 9.87. The Morgan fingerprint density at radius 2 is 1.60 bits per heavy atom. The summed E-state index contributed by atoms with van der Waals surface area (Å²) in [5.74, 6) is -0.413. The number of rotatable bonds is 2. The van der Waals surface area contributed by atoms with Crippen LogP contribution >= 0.6 is 11.6 Å². The van der Waals surface area contributed by atoms with E-state index in [1.54, 1.807) is 26.0 Å². The van der Waals surface area contributed by atoms with Crippen LogP contribution in [0.2, 0.25) is 0 Å². The summed E-state index contributed by atoms with van der Waals surface area (Å²) in [6, 6.07) is 3.20. The lowest BCUT2D eigenvalue weighted by Crippen LogP contribution is -2.06. The number of halogens is 1. The molecule has 80 valence electrons. The SMILES string of the molecule is COC(=O)c1cc(C)c(C(=O)Cl)cc1C. The molecule has 15 heavy (non-hydrogen) atoms. The average Bonchev–Trinajstić information content (AvgIpc) is 2.19. The van der Waals surface area contributed by atoms with Crippen LogP contribution in [0.3, 0.4) is 0 Å². The van der Waals surface area contributed by atoms with Crippen LogP contribution in [0, 0.1) is 13.8 Å². The van der Waals surface area contributed by atoms with Crippen LogP contribution in [0.15, 0.2) is 12.1 Å². The highest BCUT2D eigenvalue weighted by Crippen LogP contribution is 2.18. The summed E-state index contributed by atoms with van der Waals surface area (Å²) in [4.78, 5) is 22.3. The zero-order valence-electron chi connectivity index (χ0n) is 8.76. The van der Waals surface area contributed by atoms with Gasteiger partial charge in [0.05, 0.1) is 12.7 Å². The highest BCUT2D eigenvalue weighted by atomic mass is 35.5. The fourth-order valence-corrected chi connectivity index (χ4v) is 1.56. The molecule has 1 aromatic carbocycles. The first-order valence-electron chi connectivity index (χ1n) is 4.36. The Labute approximate surface area is 93.0 Å². The summed E-state index contributed by atoms with van der Waals surface area (Å²) in [6.45, 7) is 3.45. The maximum atomic E-state index is 11.3. The van der Waals surface area contributed by atoms with Crippen LogP contribution < -0.4 is 0 Å². The summed E-state index contributed by atoms with van der Waals surface area (Å²) < 4.78 is 4.62. The Balaban J connectivity index is 3.31. The van der Waals surface area contributed by atoms with Crippen LogP contribution in [0.25, 0.3) is 0 Å². The number of carbonyl (C=O) groups excluding carboxylic acids is 2. The molecule has 0 radical (unpaired) electrons. The van der Waals surface area contributed by atoms with Gasteiger partial charge in [0.1, 0.15) is 0 Å². The molecule has 0 aromatic heterocycles. The molecule has 0 saturated carbocycles. The van der Waals surface area contributed by atoms with Crippen LogP contribution in [-0.2, 0) is 4.74 Å². The highest BCUT2D eigenvalue weighted by Gasteiger charge is 2.14. The van der Waals surface area contributed by atoms with Crippen LogP contribution in [-0.4, -0.2) is 18.3 Å².